The quantitative estimate of drug-likeness (QED) is 0.704. The van der Waals surface area contributed by atoms with E-state index in [1.807, 2.05) is 12.1 Å². The van der Waals surface area contributed by atoms with Crippen LogP contribution in [0.5, 0.6) is 0 Å². The van der Waals surface area contributed by atoms with Crippen LogP contribution in [-0.4, -0.2) is 31.7 Å². The number of carbonyl (C=O) groups is 1. The summed E-state index contributed by atoms with van der Waals surface area (Å²) >= 11 is 12.3. The molecule has 0 saturated carbocycles. The molecule has 1 unspecified atom stereocenters. The molecule has 0 radical (unpaired) electrons. The Bertz CT molecular complexity index is 928. The normalized spacial score (nSPS) is 12.8. The maximum absolute atomic E-state index is 12.7. The molecule has 1 amide bonds. The highest BCUT2D eigenvalue weighted by molar-refractivity contribution is 7.89. The number of hydrogen-bond acceptors (Lipinski definition) is 3. The first kappa shape index (κ1) is 21.7. The third-order valence-corrected chi connectivity index (χ3v) is 6.96. The van der Waals surface area contributed by atoms with Crippen LogP contribution in [0.2, 0.25) is 10.0 Å². The Morgan fingerprint density at radius 2 is 1.70 bits per heavy atom. The molecule has 0 aliphatic carbocycles. The van der Waals surface area contributed by atoms with Gasteiger partial charge in [-0.2, -0.15) is 4.31 Å². The molecule has 0 saturated heterocycles. The molecule has 0 aliphatic heterocycles. The fourth-order valence-electron chi connectivity index (χ4n) is 2.73. The molecular formula is C19H22Cl2N2O3S. The number of amides is 1. The maximum atomic E-state index is 12.7. The zero-order valence-electron chi connectivity index (χ0n) is 15.4. The summed E-state index contributed by atoms with van der Waals surface area (Å²) in [4.78, 5) is 12.7. The van der Waals surface area contributed by atoms with E-state index in [9.17, 15) is 13.2 Å². The molecule has 8 heteroatoms. The lowest BCUT2D eigenvalue weighted by Crippen LogP contribution is -2.31. The van der Waals surface area contributed by atoms with Gasteiger partial charge in [-0.25, -0.2) is 8.42 Å². The second-order valence-corrected chi connectivity index (χ2v) is 8.70. The molecule has 146 valence electrons. The van der Waals surface area contributed by atoms with E-state index in [0.29, 0.717) is 18.1 Å². The summed E-state index contributed by atoms with van der Waals surface area (Å²) in [6, 6.07) is 11.0. The average molecular weight is 429 g/mol. The summed E-state index contributed by atoms with van der Waals surface area (Å²) in [6.45, 7) is 5.99. The van der Waals surface area contributed by atoms with Crippen molar-refractivity contribution < 1.29 is 13.2 Å². The monoisotopic (exact) mass is 428 g/mol. The topological polar surface area (TPSA) is 66.5 Å². The first-order chi connectivity index (χ1) is 12.7. The number of nitrogens with one attached hydrogen (secondary N) is 1. The fourth-order valence-corrected chi connectivity index (χ4v) is 4.72. The second kappa shape index (κ2) is 9.06. The number of halogens is 2. The third-order valence-electron chi connectivity index (χ3n) is 4.24. The van der Waals surface area contributed by atoms with Crippen molar-refractivity contribution in [2.45, 2.75) is 31.7 Å². The minimum Gasteiger partial charge on any atom is -0.345 e. The summed E-state index contributed by atoms with van der Waals surface area (Å²) in [5.41, 5.74) is 0.861. The highest BCUT2D eigenvalue weighted by atomic mass is 35.5. The van der Waals surface area contributed by atoms with Gasteiger partial charge in [-0.15, -0.1) is 0 Å². The van der Waals surface area contributed by atoms with Crippen LogP contribution in [0.15, 0.2) is 47.4 Å². The van der Waals surface area contributed by atoms with Crippen molar-refractivity contribution in [2.75, 3.05) is 13.1 Å². The van der Waals surface area contributed by atoms with Crippen LogP contribution in [-0.2, 0) is 10.0 Å². The van der Waals surface area contributed by atoms with Crippen LogP contribution in [0.4, 0.5) is 0 Å². The number of nitrogens with zero attached hydrogens (tertiary/aromatic N) is 1. The minimum absolute atomic E-state index is 0.0335. The van der Waals surface area contributed by atoms with E-state index >= 15 is 0 Å². The summed E-state index contributed by atoms with van der Waals surface area (Å²) in [5.74, 6) is -0.469. The molecule has 1 N–H and O–H groups in total. The van der Waals surface area contributed by atoms with Crippen molar-refractivity contribution in [1.29, 1.82) is 0 Å². The Labute approximate surface area is 170 Å². The van der Waals surface area contributed by atoms with Gasteiger partial charge in [0, 0.05) is 18.1 Å². The van der Waals surface area contributed by atoms with E-state index in [1.165, 1.54) is 22.5 Å². The van der Waals surface area contributed by atoms with Gasteiger partial charge in [-0.1, -0.05) is 55.2 Å². The summed E-state index contributed by atoms with van der Waals surface area (Å²) in [6.07, 6.45) is 0. The summed E-state index contributed by atoms with van der Waals surface area (Å²) in [7, 11) is -3.69. The van der Waals surface area contributed by atoms with Gasteiger partial charge < -0.3 is 5.32 Å². The first-order valence-electron chi connectivity index (χ1n) is 8.57. The predicted molar refractivity (Wildman–Crippen MR) is 109 cm³/mol. The molecule has 2 aromatic rings. The van der Waals surface area contributed by atoms with E-state index in [4.69, 9.17) is 23.2 Å². The van der Waals surface area contributed by atoms with E-state index in [-0.39, 0.29) is 21.5 Å². The van der Waals surface area contributed by atoms with Crippen molar-refractivity contribution in [3.63, 3.8) is 0 Å². The molecule has 27 heavy (non-hydrogen) atoms. The van der Waals surface area contributed by atoms with Gasteiger partial charge in [-0.3, -0.25) is 4.79 Å². The van der Waals surface area contributed by atoms with E-state index in [2.05, 4.69) is 5.32 Å². The van der Waals surface area contributed by atoms with Crippen molar-refractivity contribution in [3.05, 3.63) is 63.6 Å². The first-order valence-corrected chi connectivity index (χ1v) is 10.8. The lowest BCUT2D eigenvalue weighted by molar-refractivity contribution is 0.0940. The molecule has 0 heterocycles. The lowest BCUT2D eigenvalue weighted by atomic mass is 10.1. The zero-order valence-corrected chi connectivity index (χ0v) is 17.7. The molecule has 0 spiro atoms. The summed E-state index contributed by atoms with van der Waals surface area (Å²) in [5, 5.41) is 3.53. The number of benzene rings is 2. The van der Waals surface area contributed by atoms with Gasteiger partial charge in [0.2, 0.25) is 10.0 Å². The van der Waals surface area contributed by atoms with Crippen LogP contribution in [0.3, 0.4) is 0 Å². The molecule has 0 aliphatic rings. The van der Waals surface area contributed by atoms with Gasteiger partial charge in [0.15, 0.2) is 0 Å². The highest BCUT2D eigenvalue weighted by Gasteiger charge is 2.24. The molecule has 1 atom stereocenters. The van der Waals surface area contributed by atoms with Crippen LogP contribution < -0.4 is 5.32 Å². The van der Waals surface area contributed by atoms with Gasteiger partial charge >= 0.3 is 0 Å². The molecule has 5 nitrogen and oxygen atoms in total. The standard InChI is InChI=1S/C19H22Cl2N2O3S/c1-4-23(5-2)27(25,26)14-10-11-18(21)16(12-14)19(24)22-13(3)15-8-6-7-9-17(15)20/h6-13H,4-5H2,1-3H3,(H,22,24). The summed E-state index contributed by atoms with van der Waals surface area (Å²) < 4.78 is 26.7. The van der Waals surface area contributed by atoms with Crippen molar-refractivity contribution in [2.24, 2.45) is 0 Å². The minimum atomic E-state index is -3.69. The largest absolute Gasteiger partial charge is 0.345 e. The zero-order chi connectivity index (χ0) is 20.2. The van der Waals surface area contributed by atoms with Crippen LogP contribution in [0.25, 0.3) is 0 Å². The Kier molecular flexibility index (Phi) is 7.28. The van der Waals surface area contributed by atoms with Crippen LogP contribution >= 0.6 is 23.2 Å². The lowest BCUT2D eigenvalue weighted by Gasteiger charge is -2.20. The average Bonchev–Trinajstić information content (AvgIpc) is 2.62. The molecule has 2 aromatic carbocycles. The molecule has 2 rings (SSSR count). The fraction of sp³-hybridized carbons (Fsp3) is 0.316. The smallest absolute Gasteiger partial charge is 0.253 e. The van der Waals surface area contributed by atoms with Gasteiger partial charge in [0.1, 0.15) is 0 Å². The molecule has 0 aromatic heterocycles. The van der Waals surface area contributed by atoms with Gasteiger partial charge in [0.05, 0.1) is 21.5 Å². The van der Waals surface area contributed by atoms with Crippen molar-refractivity contribution >= 4 is 39.1 Å². The molecule has 0 fully saturated rings. The number of sulfonamides is 1. The Balaban J connectivity index is 2.33. The Morgan fingerprint density at radius 3 is 2.30 bits per heavy atom. The highest BCUT2D eigenvalue weighted by Crippen LogP contribution is 2.26. The predicted octanol–water partition coefficient (Wildman–Crippen LogP) is 4.51. The van der Waals surface area contributed by atoms with Crippen molar-refractivity contribution in [1.82, 2.24) is 9.62 Å². The Hall–Kier alpha value is -1.60. The van der Waals surface area contributed by atoms with Gasteiger partial charge in [-0.05, 0) is 36.8 Å². The molecular weight excluding hydrogens is 407 g/mol. The van der Waals surface area contributed by atoms with E-state index in [0.717, 1.165) is 5.56 Å². The van der Waals surface area contributed by atoms with E-state index < -0.39 is 15.9 Å². The van der Waals surface area contributed by atoms with Crippen molar-refractivity contribution in [3.8, 4) is 0 Å². The SMILES string of the molecule is CCN(CC)S(=O)(=O)c1ccc(Cl)c(C(=O)NC(C)c2ccccc2Cl)c1. The number of carbonyl (C=O) groups excluding carboxylic acids is 1. The number of rotatable bonds is 7. The van der Waals surface area contributed by atoms with E-state index in [1.54, 1.807) is 32.9 Å². The third kappa shape index (κ3) is 4.82. The van der Waals surface area contributed by atoms with Gasteiger partial charge in [0.25, 0.3) is 5.91 Å². The second-order valence-electron chi connectivity index (χ2n) is 5.95. The Morgan fingerprint density at radius 1 is 1.07 bits per heavy atom. The van der Waals surface area contributed by atoms with Crippen LogP contribution in [0.1, 0.15) is 42.7 Å². The molecule has 0 bridgehead atoms. The van der Waals surface area contributed by atoms with Crippen LogP contribution in [0, 0.1) is 0 Å². The number of hydrogen-bond donors (Lipinski definition) is 1. The maximum Gasteiger partial charge on any atom is 0.253 e.